The third-order valence-electron chi connectivity index (χ3n) is 6.69. The van der Waals surface area contributed by atoms with Crippen LogP contribution in [0.1, 0.15) is 43.2 Å². The third-order valence-corrected chi connectivity index (χ3v) is 6.69. The maximum Gasteiger partial charge on any atom is 0.163 e. The molecule has 0 N–H and O–H groups in total. The molecule has 5 heteroatoms. The number of ether oxygens (including phenoxy) is 4. The van der Waals surface area contributed by atoms with Crippen molar-refractivity contribution in [3.8, 4) is 23.0 Å². The van der Waals surface area contributed by atoms with E-state index in [9.17, 15) is 0 Å². The molecule has 5 nitrogen and oxygen atoms in total. The first-order chi connectivity index (χ1) is 15.1. The topological polar surface area (TPSA) is 40.2 Å². The quantitative estimate of drug-likeness (QED) is 0.525. The standard InChI is InChI=1S/C26H37NO4/c1-27-21(17-15-19-9-6-13-23(28-2)25(19)30-4)11-8-12-22(27)18-16-20-10-7-14-24(29-3)26(20)31-5/h6-7,9-10,13-14,21-22H,8,11-12,15-18H2,1-5H3/t21-,22+. The van der Waals surface area contributed by atoms with Crippen LogP contribution < -0.4 is 18.9 Å². The number of para-hydroxylation sites is 2. The molecule has 2 aromatic carbocycles. The fourth-order valence-corrected chi connectivity index (χ4v) is 4.94. The molecule has 1 heterocycles. The van der Waals surface area contributed by atoms with Crippen molar-refractivity contribution in [1.82, 2.24) is 4.90 Å². The van der Waals surface area contributed by atoms with Crippen LogP contribution in [-0.2, 0) is 12.8 Å². The van der Waals surface area contributed by atoms with Crippen LogP contribution in [0.4, 0.5) is 0 Å². The van der Waals surface area contributed by atoms with Gasteiger partial charge in [0.2, 0.25) is 0 Å². The monoisotopic (exact) mass is 427 g/mol. The van der Waals surface area contributed by atoms with E-state index in [1.54, 1.807) is 28.4 Å². The van der Waals surface area contributed by atoms with Gasteiger partial charge in [-0.25, -0.2) is 0 Å². The summed E-state index contributed by atoms with van der Waals surface area (Å²) < 4.78 is 22.2. The molecule has 31 heavy (non-hydrogen) atoms. The Kier molecular flexibility index (Phi) is 8.47. The van der Waals surface area contributed by atoms with E-state index in [2.05, 4.69) is 24.1 Å². The van der Waals surface area contributed by atoms with Crippen LogP contribution in [0.2, 0.25) is 0 Å². The minimum atomic E-state index is 0.585. The van der Waals surface area contributed by atoms with Gasteiger partial charge < -0.3 is 23.8 Å². The van der Waals surface area contributed by atoms with Crippen molar-refractivity contribution < 1.29 is 18.9 Å². The molecule has 3 rings (SSSR count). The molecular weight excluding hydrogens is 390 g/mol. The van der Waals surface area contributed by atoms with E-state index in [1.165, 1.54) is 30.4 Å². The predicted molar refractivity (Wildman–Crippen MR) is 125 cm³/mol. The van der Waals surface area contributed by atoms with Gasteiger partial charge >= 0.3 is 0 Å². The summed E-state index contributed by atoms with van der Waals surface area (Å²) in [5, 5.41) is 0. The summed E-state index contributed by atoms with van der Waals surface area (Å²) in [6.07, 6.45) is 8.02. The zero-order valence-corrected chi connectivity index (χ0v) is 19.6. The molecule has 2 aromatic rings. The van der Waals surface area contributed by atoms with Crippen molar-refractivity contribution >= 4 is 0 Å². The molecule has 170 valence electrons. The summed E-state index contributed by atoms with van der Waals surface area (Å²) in [5.74, 6) is 3.35. The average molecular weight is 428 g/mol. The van der Waals surface area contributed by atoms with E-state index in [1.807, 2.05) is 24.3 Å². The van der Waals surface area contributed by atoms with Crippen LogP contribution >= 0.6 is 0 Å². The van der Waals surface area contributed by atoms with Crippen LogP contribution in [0.15, 0.2) is 36.4 Å². The van der Waals surface area contributed by atoms with Gasteiger partial charge in [0.1, 0.15) is 0 Å². The molecule has 1 aliphatic rings. The van der Waals surface area contributed by atoms with E-state index in [0.29, 0.717) is 12.1 Å². The Morgan fingerprint density at radius 1 is 0.710 bits per heavy atom. The lowest BCUT2D eigenvalue weighted by molar-refractivity contribution is 0.102. The summed E-state index contributed by atoms with van der Waals surface area (Å²) in [5.41, 5.74) is 2.44. The Labute approximate surface area is 187 Å². The highest BCUT2D eigenvalue weighted by Crippen LogP contribution is 2.35. The molecule has 0 aliphatic carbocycles. The first-order valence-electron chi connectivity index (χ1n) is 11.2. The highest BCUT2D eigenvalue weighted by molar-refractivity contribution is 5.47. The summed E-state index contributed by atoms with van der Waals surface area (Å²) in [6.45, 7) is 0. The van der Waals surface area contributed by atoms with Crippen molar-refractivity contribution in [1.29, 1.82) is 0 Å². The van der Waals surface area contributed by atoms with Crippen LogP contribution in [0, 0.1) is 0 Å². The Balaban J connectivity index is 1.61. The first-order valence-corrected chi connectivity index (χ1v) is 11.2. The summed E-state index contributed by atoms with van der Waals surface area (Å²) in [6, 6.07) is 13.5. The van der Waals surface area contributed by atoms with Gasteiger partial charge in [-0.1, -0.05) is 30.7 Å². The third kappa shape index (κ3) is 5.45. The number of hydrogen-bond acceptors (Lipinski definition) is 5. The number of aryl methyl sites for hydroxylation is 2. The number of nitrogens with zero attached hydrogens (tertiary/aromatic N) is 1. The van der Waals surface area contributed by atoms with Gasteiger partial charge in [0.15, 0.2) is 23.0 Å². The predicted octanol–water partition coefficient (Wildman–Crippen LogP) is 5.14. The highest BCUT2D eigenvalue weighted by Gasteiger charge is 2.27. The van der Waals surface area contributed by atoms with Gasteiger partial charge in [0.05, 0.1) is 28.4 Å². The Hall–Kier alpha value is -2.40. The van der Waals surface area contributed by atoms with Crippen LogP contribution in [0.3, 0.4) is 0 Å². The van der Waals surface area contributed by atoms with E-state index < -0.39 is 0 Å². The molecule has 2 atom stereocenters. The van der Waals surface area contributed by atoms with Crippen molar-refractivity contribution in [3.63, 3.8) is 0 Å². The number of piperidine rings is 1. The maximum atomic E-state index is 5.62. The van der Waals surface area contributed by atoms with E-state index in [-0.39, 0.29) is 0 Å². The molecule has 0 amide bonds. The van der Waals surface area contributed by atoms with Gasteiger partial charge in [-0.2, -0.15) is 0 Å². The lowest BCUT2D eigenvalue weighted by Crippen LogP contribution is -2.44. The van der Waals surface area contributed by atoms with Crippen LogP contribution in [0.25, 0.3) is 0 Å². The molecule has 0 saturated carbocycles. The summed E-state index contributed by atoms with van der Waals surface area (Å²) in [4.78, 5) is 2.60. The molecule has 0 aromatic heterocycles. The van der Waals surface area contributed by atoms with Gasteiger partial charge in [0, 0.05) is 12.1 Å². The minimum absolute atomic E-state index is 0.585. The van der Waals surface area contributed by atoms with Gasteiger partial charge in [0.25, 0.3) is 0 Å². The Morgan fingerprint density at radius 2 is 1.16 bits per heavy atom. The average Bonchev–Trinajstić information content (AvgIpc) is 2.81. The van der Waals surface area contributed by atoms with Gasteiger partial charge in [-0.05, 0) is 68.8 Å². The lowest BCUT2D eigenvalue weighted by Gasteiger charge is -2.40. The zero-order valence-electron chi connectivity index (χ0n) is 19.6. The molecule has 0 bridgehead atoms. The van der Waals surface area contributed by atoms with Gasteiger partial charge in [-0.15, -0.1) is 0 Å². The van der Waals surface area contributed by atoms with E-state index in [4.69, 9.17) is 18.9 Å². The largest absolute Gasteiger partial charge is 0.493 e. The second-order valence-corrected chi connectivity index (χ2v) is 8.29. The highest BCUT2D eigenvalue weighted by atomic mass is 16.5. The Morgan fingerprint density at radius 3 is 1.55 bits per heavy atom. The van der Waals surface area contributed by atoms with Crippen molar-refractivity contribution in [2.75, 3.05) is 35.5 Å². The Bertz CT molecular complexity index is 771. The fraction of sp³-hybridized carbons (Fsp3) is 0.538. The number of benzene rings is 2. The summed E-state index contributed by atoms with van der Waals surface area (Å²) >= 11 is 0. The first kappa shape index (κ1) is 23.3. The normalized spacial score (nSPS) is 19.1. The minimum Gasteiger partial charge on any atom is -0.493 e. The zero-order chi connectivity index (χ0) is 22.2. The number of hydrogen-bond donors (Lipinski definition) is 0. The SMILES string of the molecule is COc1cccc(CC[C@H]2CCC[C@@H](CCc3cccc(OC)c3OC)N2C)c1OC. The number of methoxy groups -OCH3 is 4. The smallest absolute Gasteiger partial charge is 0.163 e. The molecule has 1 fully saturated rings. The maximum absolute atomic E-state index is 5.62. The molecule has 0 radical (unpaired) electrons. The lowest BCUT2D eigenvalue weighted by atomic mass is 9.89. The molecule has 0 unspecified atom stereocenters. The second-order valence-electron chi connectivity index (χ2n) is 8.29. The van der Waals surface area contributed by atoms with Crippen molar-refractivity contribution in [2.45, 2.75) is 57.0 Å². The summed E-state index contributed by atoms with van der Waals surface area (Å²) in [7, 11) is 9.12. The van der Waals surface area contributed by atoms with Crippen molar-refractivity contribution in [3.05, 3.63) is 47.5 Å². The molecule has 1 saturated heterocycles. The van der Waals surface area contributed by atoms with E-state index in [0.717, 1.165) is 48.7 Å². The number of rotatable bonds is 10. The molecule has 1 aliphatic heterocycles. The van der Waals surface area contributed by atoms with Gasteiger partial charge in [-0.3, -0.25) is 0 Å². The van der Waals surface area contributed by atoms with Crippen LogP contribution in [0.5, 0.6) is 23.0 Å². The number of likely N-dealkylation sites (tertiary alicyclic amines) is 1. The molecule has 0 spiro atoms. The van der Waals surface area contributed by atoms with Crippen molar-refractivity contribution in [2.24, 2.45) is 0 Å². The van der Waals surface area contributed by atoms with Crippen LogP contribution in [-0.4, -0.2) is 52.5 Å². The fourth-order valence-electron chi connectivity index (χ4n) is 4.94. The van der Waals surface area contributed by atoms with E-state index >= 15 is 0 Å². The molecular formula is C26H37NO4. The second kappa shape index (κ2) is 11.3.